The smallest absolute Gasteiger partial charge is 0.307 e. The number of rotatable bonds is 8. The summed E-state index contributed by atoms with van der Waals surface area (Å²) < 4.78 is 4.89. The van der Waals surface area contributed by atoms with Crippen LogP contribution in [-0.4, -0.2) is 25.2 Å². The molecule has 0 spiro atoms. The van der Waals surface area contributed by atoms with Gasteiger partial charge >= 0.3 is 5.97 Å². The first-order valence-corrected chi connectivity index (χ1v) is 6.11. The van der Waals surface area contributed by atoms with Gasteiger partial charge in [0, 0.05) is 6.04 Å². The van der Waals surface area contributed by atoms with Gasteiger partial charge in [-0.05, 0) is 39.2 Å². The number of hydrogen-bond donors (Lipinski definition) is 1. The van der Waals surface area contributed by atoms with Gasteiger partial charge < -0.3 is 10.1 Å². The third-order valence-electron chi connectivity index (χ3n) is 2.76. The van der Waals surface area contributed by atoms with E-state index in [1.165, 1.54) is 25.7 Å². The van der Waals surface area contributed by atoms with Gasteiger partial charge in [0.15, 0.2) is 0 Å². The van der Waals surface area contributed by atoms with Crippen molar-refractivity contribution >= 4 is 5.97 Å². The Hall–Kier alpha value is -0.570. The maximum Gasteiger partial charge on any atom is 0.307 e. The molecule has 1 saturated carbocycles. The van der Waals surface area contributed by atoms with E-state index in [0.717, 1.165) is 12.5 Å². The minimum absolute atomic E-state index is 0.0975. The number of esters is 1. The molecule has 0 aromatic carbocycles. The van der Waals surface area contributed by atoms with E-state index >= 15 is 0 Å². The molecule has 3 heteroatoms. The minimum atomic E-state index is -0.0975. The van der Waals surface area contributed by atoms with E-state index in [2.05, 4.69) is 5.32 Å². The molecule has 15 heavy (non-hydrogen) atoms. The molecular formula is C12H23NO2. The van der Waals surface area contributed by atoms with Crippen molar-refractivity contribution in [2.45, 2.75) is 52.0 Å². The molecular weight excluding hydrogens is 190 g/mol. The quantitative estimate of drug-likeness (QED) is 0.496. The Bertz CT molecular complexity index is 190. The maximum absolute atomic E-state index is 11.1. The molecule has 1 aliphatic rings. The average molecular weight is 213 g/mol. The van der Waals surface area contributed by atoms with Crippen LogP contribution in [0.1, 0.15) is 46.0 Å². The minimum Gasteiger partial charge on any atom is -0.466 e. The highest BCUT2D eigenvalue weighted by Crippen LogP contribution is 2.33. The highest BCUT2D eigenvalue weighted by Gasteiger charge is 2.20. The standard InChI is InChI=1S/C12H23NO2/c1-3-15-12(14)9-10(2)13-8-4-5-11-6-7-11/h10-11,13H,3-9H2,1-2H3. The van der Waals surface area contributed by atoms with Crippen LogP contribution in [0.5, 0.6) is 0 Å². The third-order valence-corrected chi connectivity index (χ3v) is 2.76. The summed E-state index contributed by atoms with van der Waals surface area (Å²) in [5.41, 5.74) is 0. The van der Waals surface area contributed by atoms with Gasteiger partial charge in [0.25, 0.3) is 0 Å². The van der Waals surface area contributed by atoms with Crippen molar-refractivity contribution in [1.82, 2.24) is 5.32 Å². The summed E-state index contributed by atoms with van der Waals surface area (Å²) >= 11 is 0. The van der Waals surface area contributed by atoms with Crippen LogP contribution in [0, 0.1) is 5.92 Å². The van der Waals surface area contributed by atoms with Gasteiger partial charge in [-0.2, -0.15) is 0 Å². The van der Waals surface area contributed by atoms with E-state index in [4.69, 9.17) is 4.74 Å². The van der Waals surface area contributed by atoms with Gasteiger partial charge in [-0.1, -0.05) is 12.8 Å². The van der Waals surface area contributed by atoms with Gasteiger partial charge in [-0.25, -0.2) is 0 Å². The second-order valence-electron chi connectivity index (χ2n) is 4.45. The number of carbonyl (C=O) groups excluding carboxylic acids is 1. The molecule has 1 N–H and O–H groups in total. The van der Waals surface area contributed by atoms with Crippen molar-refractivity contribution in [2.24, 2.45) is 5.92 Å². The van der Waals surface area contributed by atoms with Crippen molar-refractivity contribution in [2.75, 3.05) is 13.2 Å². The summed E-state index contributed by atoms with van der Waals surface area (Å²) in [5.74, 6) is 0.909. The second kappa shape index (κ2) is 6.83. The fraction of sp³-hybridized carbons (Fsp3) is 0.917. The molecule has 1 fully saturated rings. The monoisotopic (exact) mass is 213 g/mol. The first-order chi connectivity index (χ1) is 7.22. The Morgan fingerprint density at radius 3 is 2.87 bits per heavy atom. The van der Waals surface area contributed by atoms with Crippen molar-refractivity contribution in [3.05, 3.63) is 0 Å². The largest absolute Gasteiger partial charge is 0.466 e. The lowest BCUT2D eigenvalue weighted by atomic mass is 10.2. The molecule has 0 aromatic rings. The second-order valence-corrected chi connectivity index (χ2v) is 4.45. The predicted molar refractivity (Wildman–Crippen MR) is 60.7 cm³/mol. The van der Waals surface area contributed by atoms with E-state index < -0.39 is 0 Å². The first kappa shape index (κ1) is 12.5. The zero-order valence-electron chi connectivity index (χ0n) is 9.92. The molecule has 1 atom stereocenters. The molecule has 0 saturated heterocycles. The summed E-state index contributed by atoms with van der Waals surface area (Å²) in [5, 5.41) is 3.35. The number of ether oxygens (including phenoxy) is 1. The summed E-state index contributed by atoms with van der Waals surface area (Å²) in [6.07, 6.45) is 5.92. The van der Waals surface area contributed by atoms with E-state index in [0.29, 0.717) is 13.0 Å². The summed E-state index contributed by atoms with van der Waals surface area (Å²) in [6.45, 7) is 5.38. The zero-order chi connectivity index (χ0) is 11.1. The Kier molecular flexibility index (Phi) is 5.69. The molecule has 88 valence electrons. The fourth-order valence-electron chi connectivity index (χ4n) is 1.69. The highest BCUT2D eigenvalue weighted by atomic mass is 16.5. The Labute approximate surface area is 92.6 Å². The lowest BCUT2D eigenvalue weighted by Gasteiger charge is -2.12. The van der Waals surface area contributed by atoms with Crippen molar-refractivity contribution in [3.8, 4) is 0 Å². The van der Waals surface area contributed by atoms with Crippen LogP contribution in [0.15, 0.2) is 0 Å². The highest BCUT2D eigenvalue weighted by molar-refractivity contribution is 5.69. The van der Waals surface area contributed by atoms with Gasteiger partial charge in [-0.3, -0.25) is 4.79 Å². The normalized spacial score (nSPS) is 17.5. The predicted octanol–water partition coefficient (Wildman–Crippen LogP) is 2.11. The van der Waals surface area contributed by atoms with Crippen LogP contribution < -0.4 is 5.32 Å². The molecule has 3 nitrogen and oxygen atoms in total. The molecule has 1 aliphatic carbocycles. The molecule has 0 aliphatic heterocycles. The summed E-state index contributed by atoms with van der Waals surface area (Å²) in [6, 6.07) is 0.239. The van der Waals surface area contributed by atoms with Crippen molar-refractivity contribution in [1.29, 1.82) is 0 Å². The lowest BCUT2D eigenvalue weighted by molar-refractivity contribution is -0.143. The lowest BCUT2D eigenvalue weighted by Crippen LogP contribution is -2.30. The van der Waals surface area contributed by atoms with Crippen LogP contribution in [0.3, 0.4) is 0 Å². The number of hydrogen-bond acceptors (Lipinski definition) is 3. The summed E-state index contributed by atoms with van der Waals surface area (Å²) in [7, 11) is 0. The first-order valence-electron chi connectivity index (χ1n) is 6.11. The number of carbonyl (C=O) groups is 1. The molecule has 0 bridgehead atoms. The Morgan fingerprint density at radius 2 is 2.27 bits per heavy atom. The van der Waals surface area contributed by atoms with Crippen molar-refractivity contribution < 1.29 is 9.53 Å². The molecule has 0 heterocycles. The maximum atomic E-state index is 11.1. The van der Waals surface area contributed by atoms with Crippen molar-refractivity contribution in [3.63, 3.8) is 0 Å². The van der Waals surface area contributed by atoms with Gasteiger partial charge in [0.1, 0.15) is 0 Å². The van der Waals surface area contributed by atoms with Crippen LogP contribution in [0.4, 0.5) is 0 Å². The van der Waals surface area contributed by atoms with Gasteiger partial charge in [0.2, 0.25) is 0 Å². The van der Waals surface area contributed by atoms with Gasteiger partial charge in [-0.15, -0.1) is 0 Å². The Morgan fingerprint density at radius 1 is 1.53 bits per heavy atom. The summed E-state index contributed by atoms with van der Waals surface area (Å²) in [4.78, 5) is 11.1. The van der Waals surface area contributed by atoms with E-state index in [-0.39, 0.29) is 12.0 Å². The SMILES string of the molecule is CCOC(=O)CC(C)NCCCC1CC1. The van der Waals surface area contributed by atoms with E-state index in [1.807, 2.05) is 13.8 Å². The van der Waals surface area contributed by atoms with Gasteiger partial charge in [0.05, 0.1) is 13.0 Å². The van der Waals surface area contributed by atoms with Crippen LogP contribution in [-0.2, 0) is 9.53 Å². The Balaban J connectivity index is 1.91. The van der Waals surface area contributed by atoms with Crippen LogP contribution in [0.25, 0.3) is 0 Å². The molecule has 0 aromatic heterocycles. The van der Waals surface area contributed by atoms with Crippen LogP contribution in [0.2, 0.25) is 0 Å². The van der Waals surface area contributed by atoms with E-state index in [9.17, 15) is 4.79 Å². The van der Waals surface area contributed by atoms with E-state index in [1.54, 1.807) is 0 Å². The van der Waals surface area contributed by atoms with Crippen LogP contribution >= 0.6 is 0 Å². The molecule has 0 amide bonds. The molecule has 1 rings (SSSR count). The fourth-order valence-corrected chi connectivity index (χ4v) is 1.69. The average Bonchev–Trinajstić information content (AvgIpc) is 2.96. The zero-order valence-corrected chi connectivity index (χ0v) is 9.92. The third kappa shape index (κ3) is 6.50. The molecule has 0 radical (unpaired) electrons. The molecule has 1 unspecified atom stereocenters. The number of nitrogens with one attached hydrogen (secondary N) is 1. The topological polar surface area (TPSA) is 38.3 Å².